The smallest absolute Gasteiger partial charge is 0.313 e. The molecule has 98 valence electrons. The minimum Gasteiger partial charge on any atom is -0.313 e. The lowest BCUT2D eigenvalue weighted by Crippen LogP contribution is -2.15. The summed E-state index contributed by atoms with van der Waals surface area (Å²) >= 11 is 0. The summed E-state index contributed by atoms with van der Waals surface area (Å²) in [5, 5.41) is 3.10. The third-order valence-corrected chi connectivity index (χ3v) is 2.51. The topological polar surface area (TPSA) is 12.0 Å². The lowest BCUT2D eigenvalue weighted by atomic mass is 10.1. The van der Waals surface area contributed by atoms with Gasteiger partial charge in [-0.2, -0.15) is 13.2 Å². The number of hydrogen-bond acceptors (Lipinski definition) is 1. The summed E-state index contributed by atoms with van der Waals surface area (Å²) in [4.78, 5) is 0. The van der Waals surface area contributed by atoms with Gasteiger partial charge in [0.2, 0.25) is 0 Å². The molecular weight excluding hydrogens is 239 g/mol. The van der Waals surface area contributed by atoms with E-state index < -0.39 is 11.7 Å². The zero-order valence-corrected chi connectivity index (χ0v) is 10.1. The van der Waals surface area contributed by atoms with Crippen molar-refractivity contribution in [1.82, 2.24) is 5.32 Å². The van der Waals surface area contributed by atoms with E-state index in [0.29, 0.717) is 12.1 Å². The van der Waals surface area contributed by atoms with Gasteiger partial charge in [-0.1, -0.05) is 18.2 Å². The Labute approximate surface area is 105 Å². The van der Waals surface area contributed by atoms with Crippen LogP contribution in [0.1, 0.15) is 30.4 Å². The summed E-state index contributed by atoms with van der Waals surface area (Å²) in [6, 6.07) is 5.37. The summed E-state index contributed by atoms with van der Waals surface area (Å²) < 4.78 is 37.4. The Hall–Kier alpha value is -1.47. The van der Waals surface area contributed by atoms with Gasteiger partial charge in [0.1, 0.15) is 0 Å². The van der Waals surface area contributed by atoms with E-state index in [-0.39, 0.29) is 0 Å². The van der Waals surface area contributed by atoms with Crippen LogP contribution in [0, 0.1) is 12.3 Å². The van der Waals surface area contributed by atoms with Gasteiger partial charge in [-0.05, 0) is 31.0 Å². The Balaban J connectivity index is 2.37. The van der Waals surface area contributed by atoms with Crippen molar-refractivity contribution in [3.05, 3.63) is 35.4 Å². The van der Waals surface area contributed by atoms with Crippen molar-refractivity contribution in [2.75, 3.05) is 6.54 Å². The van der Waals surface area contributed by atoms with Crippen molar-refractivity contribution in [3.63, 3.8) is 0 Å². The van der Waals surface area contributed by atoms with Crippen molar-refractivity contribution < 1.29 is 13.2 Å². The second kappa shape index (κ2) is 7.07. The number of benzene rings is 1. The van der Waals surface area contributed by atoms with E-state index >= 15 is 0 Å². The molecule has 0 aromatic heterocycles. The van der Waals surface area contributed by atoms with Gasteiger partial charge in [-0.15, -0.1) is 12.3 Å². The van der Waals surface area contributed by atoms with E-state index in [2.05, 4.69) is 11.2 Å². The normalized spacial score (nSPS) is 11.2. The molecule has 0 aliphatic carbocycles. The standard InChI is InChI=1S/C14H16F3N/c1-2-3-4-5-9-18-11-12-7-6-8-13(10-12)14(15,16)17/h1,6-8,10,18H,3-5,9,11H2. The number of alkyl halides is 3. The maximum Gasteiger partial charge on any atom is 0.416 e. The highest BCUT2D eigenvalue weighted by Crippen LogP contribution is 2.29. The molecule has 0 saturated heterocycles. The van der Waals surface area contributed by atoms with Crippen LogP contribution < -0.4 is 5.32 Å². The molecule has 0 unspecified atom stereocenters. The van der Waals surface area contributed by atoms with Crippen molar-refractivity contribution in [2.45, 2.75) is 32.0 Å². The molecular formula is C14H16F3N. The maximum atomic E-state index is 12.5. The summed E-state index contributed by atoms with van der Waals surface area (Å²) in [6.45, 7) is 1.21. The zero-order valence-electron chi connectivity index (χ0n) is 10.1. The molecule has 0 amide bonds. The molecule has 4 heteroatoms. The van der Waals surface area contributed by atoms with E-state index in [1.54, 1.807) is 6.07 Å². The third-order valence-electron chi connectivity index (χ3n) is 2.51. The van der Waals surface area contributed by atoms with Crippen LogP contribution in [-0.4, -0.2) is 6.54 Å². The summed E-state index contributed by atoms with van der Waals surface area (Å²) in [7, 11) is 0. The monoisotopic (exact) mass is 255 g/mol. The highest BCUT2D eigenvalue weighted by atomic mass is 19.4. The van der Waals surface area contributed by atoms with Crippen molar-refractivity contribution in [1.29, 1.82) is 0 Å². The van der Waals surface area contributed by atoms with Crippen molar-refractivity contribution >= 4 is 0 Å². The number of halogens is 3. The fraction of sp³-hybridized carbons (Fsp3) is 0.429. The number of terminal acetylenes is 1. The Kier molecular flexibility index (Phi) is 5.73. The lowest BCUT2D eigenvalue weighted by Gasteiger charge is -2.09. The quantitative estimate of drug-likeness (QED) is 0.605. The molecule has 0 spiro atoms. The molecule has 18 heavy (non-hydrogen) atoms. The molecule has 0 bridgehead atoms. The third kappa shape index (κ3) is 5.24. The second-order valence-electron chi connectivity index (χ2n) is 4.04. The molecule has 0 atom stereocenters. The van der Waals surface area contributed by atoms with Gasteiger partial charge in [0.05, 0.1) is 5.56 Å². The molecule has 0 radical (unpaired) electrons. The van der Waals surface area contributed by atoms with Gasteiger partial charge >= 0.3 is 6.18 Å². The predicted octanol–water partition coefficient (Wildman–Crippen LogP) is 3.60. The van der Waals surface area contributed by atoms with E-state index in [1.807, 2.05) is 0 Å². The Morgan fingerprint density at radius 1 is 1.22 bits per heavy atom. The minimum atomic E-state index is -4.27. The average Bonchev–Trinajstić information content (AvgIpc) is 2.33. The first-order valence-corrected chi connectivity index (χ1v) is 5.84. The van der Waals surface area contributed by atoms with Crippen LogP contribution in [0.3, 0.4) is 0 Å². The highest BCUT2D eigenvalue weighted by molar-refractivity contribution is 5.25. The number of nitrogens with one attached hydrogen (secondary N) is 1. The molecule has 0 heterocycles. The number of hydrogen-bond donors (Lipinski definition) is 1. The molecule has 0 aliphatic rings. The minimum absolute atomic E-state index is 0.444. The van der Waals surface area contributed by atoms with Crippen molar-refractivity contribution in [2.24, 2.45) is 0 Å². The Morgan fingerprint density at radius 3 is 2.67 bits per heavy atom. The van der Waals surface area contributed by atoms with E-state index in [1.165, 1.54) is 12.1 Å². The first-order chi connectivity index (χ1) is 8.54. The molecule has 1 N–H and O–H groups in total. The summed E-state index contributed by atoms with van der Waals surface area (Å²) in [5.74, 6) is 2.55. The molecule has 0 saturated carbocycles. The van der Waals surface area contributed by atoms with Gasteiger partial charge in [0.15, 0.2) is 0 Å². The van der Waals surface area contributed by atoms with E-state index in [9.17, 15) is 13.2 Å². The Bertz CT molecular complexity index is 404. The first kappa shape index (κ1) is 14.6. The van der Waals surface area contributed by atoms with Crippen LogP contribution in [0.2, 0.25) is 0 Å². The fourth-order valence-corrected chi connectivity index (χ4v) is 1.57. The van der Waals surface area contributed by atoms with Crippen LogP contribution in [-0.2, 0) is 12.7 Å². The second-order valence-corrected chi connectivity index (χ2v) is 4.04. The SMILES string of the molecule is C#CCCCCNCc1cccc(C(F)(F)F)c1. The molecule has 0 fully saturated rings. The molecule has 1 aromatic rings. The lowest BCUT2D eigenvalue weighted by molar-refractivity contribution is -0.137. The van der Waals surface area contributed by atoms with E-state index in [4.69, 9.17) is 6.42 Å². The van der Waals surface area contributed by atoms with Gasteiger partial charge < -0.3 is 5.32 Å². The van der Waals surface area contributed by atoms with Crippen molar-refractivity contribution in [3.8, 4) is 12.3 Å². The molecule has 1 aromatic carbocycles. The summed E-state index contributed by atoms with van der Waals surface area (Å²) in [5.41, 5.74) is 0.0379. The molecule has 1 rings (SSSR count). The van der Waals surface area contributed by atoms with Crippen LogP contribution >= 0.6 is 0 Å². The van der Waals surface area contributed by atoms with Crippen LogP contribution in [0.5, 0.6) is 0 Å². The van der Waals surface area contributed by atoms with Gasteiger partial charge in [-0.3, -0.25) is 0 Å². The van der Waals surface area contributed by atoms with Crippen LogP contribution in [0.15, 0.2) is 24.3 Å². The predicted molar refractivity (Wildman–Crippen MR) is 65.8 cm³/mol. The summed E-state index contributed by atoms with van der Waals surface area (Å²) in [6.07, 6.45) is 3.45. The largest absolute Gasteiger partial charge is 0.416 e. The van der Waals surface area contributed by atoms with Gasteiger partial charge in [0.25, 0.3) is 0 Å². The fourth-order valence-electron chi connectivity index (χ4n) is 1.57. The van der Waals surface area contributed by atoms with Crippen LogP contribution in [0.25, 0.3) is 0 Å². The maximum absolute atomic E-state index is 12.5. The zero-order chi connectivity index (χ0) is 13.4. The van der Waals surface area contributed by atoms with Gasteiger partial charge in [-0.25, -0.2) is 0 Å². The Morgan fingerprint density at radius 2 is 2.00 bits per heavy atom. The number of unbranched alkanes of at least 4 members (excludes halogenated alkanes) is 2. The molecule has 1 nitrogen and oxygen atoms in total. The number of rotatable bonds is 6. The van der Waals surface area contributed by atoms with E-state index in [0.717, 1.165) is 31.9 Å². The first-order valence-electron chi connectivity index (χ1n) is 5.84. The molecule has 0 aliphatic heterocycles. The average molecular weight is 255 g/mol. The van der Waals surface area contributed by atoms with Gasteiger partial charge in [0, 0.05) is 13.0 Å². The highest BCUT2D eigenvalue weighted by Gasteiger charge is 2.30. The van der Waals surface area contributed by atoms with Crippen LogP contribution in [0.4, 0.5) is 13.2 Å².